The quantitative estimate of drug-likeness (QED) is 0.656. The van der Waals surface area contributed by atoms with E-state index in [2.05, 4.69) is 18.9 Å². The molecule has 0 aromatic carbocycles. The van der Waals surface area contributed by atoms with Gasteiger partial charge in [-0.3, -0.25) is 9.59 Å². The Hall–Kier alpha value is -2.22. The average molecular weight is 416 g/mol. The maximum Gasteiger partial charge on any atom is 0.248 e. The number of aromatic nitrogens is 2. The van der Waals surface area contributed by atoms with E-state index in [9.17, 15) is 9.59 Å². The smallest absolute Gasteiger partial charge is 0.248 e. The van der Waals surface area contributed by atoms with Crippen LogP contribution in [0.25, 0.3) is 0 Å². The molecular formula is C22H33N5O3. The molecule has 1 aromatic heterocycles. The molecule has 2 fully saturated rings. The molecule has 3 aliphatic rings. The molecule has 4 rings (SSSR count). The summed E-state index contributed by atoms with van der Waals surface area (Å²) in [5, 5.41) is 0. The first-order valence-corrected chi connectivity index (χ1v) is 11.2. The second-order valence-corrected chi connectivity index (χ2v) is 8.71. The highest BCUT2D eigenvalue weighted by molar-refractivity contribution is 5.78. The lowest BCUT2D eigenvalue weighted by molar-refractivity contribution is -0.137. The number of nitrogens with zero attached hydrogens (tertiary/aromatic N) is 5. The topological polar surface area (TPSA) is 78.9 Å². The molecule has 0 radical (unpaired) electrons. The molecule has 8 nitrogen and oxygen atoms in total. The van der Waals surface area contributed by atoms with Gasteiger partial charge in [-0.25, -0.2) is 9.97 Å². The van der Waals surface area contributed by atoms with Crippen LogP contribution in [0, 0.1) is 6.92 Å². The number of hydrogen-bond donors (Lipinski definition) is 0. The van der Waals surface area contributed by atoms with E-state index in [1.165, 1.54) is 5.56 Å². The molecule has 8 heteroatoms. The predicted molar refractivity (Wildman–Crippen MR) is 114 cm³/mol. The van der Waals surface area contributed by atoms with Gasteiger partial charge in [0.2, 0.25) is 11.8 Å². The third-order valence-corrected chi connectivity index (χ3v) is 6.53. The zero-order valence-corrected chi connectivity index (χ0v) is 18.2. The van der Waals surface area contributed by atoms with Gasteiger partial charge in [-0.1, -0.05) is 0 Å². The van der Waals surface area contributed by atoms with Gasteiger partial charge in [0.15, 0.2) is 0 Å². The molecule has 0 bridgehead atoms. The molecule has 2 amide bonds. The number of rotatable bonds is 6. The molecule has 1 atom stereocenters. The predicted octanol–water partition coefficient (Wildman–Crippen LogP) is 1.51. The Labute approximate surface area is 178 Å². The van der Waals surface area contributed by atoms with Gasteiger partial charge < -0.3 is 19.4 Å². The Balaban J connectivity index is 1.32. The van der Waals surface area contributed by atoms with Gasteiger partial charge in [0.1, 0.15) is 18.2 Å². The van der Waals surface area contributed by atoms with E-state index in [4.69, 9.17) is 14.7 Å². The van der Waals surface area contributed by atoms with Gasteiger partial charge in [0.05, 0.1) is 6.61 Å². The number of carbonyl (C=O) groups excluding carboxylic acids is 2. The molecular weight excluding hydrogens is 382 g/mol. The fraction of sp³-hybridized carbons (Fsp3) is 0.727. The Morgan fingerprint density at radius 3 is 2.77 bits per heavy atom. The number of aryl methyl sites for hydroxylation is 1. The van der Waals surface area contributed by atoms with Gasteiger partial charge in [-0.2, -0.15) is 0 Å². The lowest BCUT2D eigenvalue weighted by Crippen LogP contribution is -2.42. The summed E-state index contributed by atoms with van der Waals surface area (Å²) in [6.07, 6.45) is 5.70. The van der Waals surface area contributed by atoms with E-state index in [1.54, 1.807) is 0 Å². The highest BCUT2D eigenvalue weighted by atomic mass is 16.5. The fourth-order valence-electron chi connectivity index (χ4n) is 4.77. The first-order chi connectivity index (χ1) is 14.5. The molecule has 30 heavy (non-hydrogen) atoms. The maximum atomic E-state index is 12.7. The molecule has 0 spiro atoms. The maximum absolute atomic E-state index is 12.7. The molecule has 1 aromatic rings. The zero-order chi connectivity index (χ0) is 21.1. The summed E-state index contributed by atoms with van der Waals surface area (Å²) in [6, 6.07) is 0. The standard InChI is InChI=1S/C22H33N5O3/c1-16-18-7-4-9-25(2)22(18)24-21(23-16)17-6-3-11-27(14-17)20(29)15-30-13-12-26-10-5-8-19(26)28/h17H,3-15H2,1-2H3. The zero-order valence-electron chi connectivity index (χ0n) is 18.2. The molecule has 164 valence electrons. The number of likely N-dealkylation sites (tertiary alicyclic amines) is 2. The highest BCUT2D eigenvalue weighted by Gasteiger charge is 2.29. The summed E-state index contributed by atoms with van der Waals surface area (Å²) < 4.78 is 5.58. The van der Waals surface area contributed by atoms with Crippen molar-refractivity contribution in [3.8, 4) is 0 Å². The van der Waals surface area contributed by atoms with Crippen molar-refractivity contribution in [2.45, 2.75) is 51.4 Å². The third-order valence-electron chi connectivity index (χ3n) is 6.53. The van der Waals surface area contributed by atoms with Gasteiger partial charge in [-0.05, 0) is 39.0 Å². The van der Waals surface area contributed by atoms with Crippen molar-refractivity contribution in [3.63, 3.8) is 0 Å². The number of carbonyl (C=O) groups is 2. The van der Waals surface area contributed by atoms with E-state index in [0.29, 0.717) is 26.1 Å². The fourth-order valence-corrected chi connectivity index (χ4v) is 4.77. The molecule has 1 unspecified atom stereocenters. The summed E-state index contributed by atoms with van der Waals surface area (Å²) in [7, 11) is 2.10. The van der Waals surface area contributed by atoms with E-state index >= 15 is 0 Å². The number of amides is 2. The molecule has 0 saturated carbocycles. The number of piperidine rings is 1. The van der Waals surface area contributed by atoms with Crippen molar-refractivity contribution in [2.75, 3.05) is 57.9 Å². The average Bonchev–Trinajstić information content (AvgIpc) is 3.16. The van der Waals surface area contributed by atoms with Crippen LogP contribution in [0.4, 0.5) is 5.82 Å². The normalized spacial score (nSPS) is 21.9. The van der Waals surface area contributed by atoms with Crippen LogP contribution in [0.2, 0.25) is 0 Å². The Bertz CT molecular complexity index is 799. The van der Waals surface area contributed by atoms with Crippen molar-refractivity contribution in [2.24, 2.45) is 0 Å². The minimum atomic E-state index is 0.0132. The lowest BCUT2D eigenvalue weighted by Gasteiger charge is -2.33. The molecule has 0 N–H and O–H groups in total. The van der Waals surface area contributed by atoms with Gasteiger partial charge in [-0.15, -0.1) is 0 Å². The lowest BCUT2D eigenvalue weighted by atomic mass is 9.96. The van der Waals surface area contributed by atoms with Crippen molar-refractivity contribution in [1.82, 2.24) is 19.8 Å². The first-order valence-electron chi connectivity index (χ1n) is 11.2. The van der Waals surface area contributed by atoms with Crippen LogP contribution in [0.15, 0.2) is 0 Å². The molecule has 2 saturated heterocycles. The molecule has 3 aliphatic heterocycles. The number of hydrogen-bond acceptors (Lipinski definition) is 6. The van der Waals surface area contributed by atoms with Crippen LogP contribution in [-0.2, 0) is 20.7 Å². The minimum absolute atomic E-state index is 0.0132. The van der Waals surface area contributed by atoms with E-state index in [-0.39, 0.29) is 24.3 Å². The third kappa shape index (κ3) is 4.58. The van der Waals surface area contributed by atoms with E-state index in [1.807, 2.05) is 9.80 Å². The number of fused-ring (bicyclic) bond motifs is 1. The summed E-state index contributed by atoms with van der Waals surface area (Å²) in [6.45, 7) is 6.37. The van der Waals surface area contributed by atoms with E-state index < -0.39 is 0 Å². The van der Waals surface area contributed by atoms with Crippen molar-refractivity contribution >= 4 is 17.6 Å². The monoisotopic (exact) mass is 415 g/mol. The molecule has 0 aliphatic carbocycles. The van der Waals surface area contributed by atoms with Gasteiger partial charge in [0, 0.05) is 63.4 Å². The van der Waals surface area contributed by atoms with Crippen LogP contribution in [0.1, 0.15) is 55.1 Å². The largest absolute Gasteiger partial charge is 0.370 e. The summed E-state index contributed by atoms with van der Waals surface area (Å²) >= 11 is 0. The van der Waals surface area contributed by atoms with Gasteiger partial charge >= 0.3 is 0 Å². The Morgan fingerprint density at radius 2 is 1.97 bits per heavy atom. The van der Waals surface area contributed by atoms with Crippen molar-refractivity contribution in [1.29, 1.82) is 0 Å². The Morgan fingerprint density at radius 1 is 1.13 bits per heavy atom. The minimum Gasteiger partial charge on any atom is -0.370 e. The molecule has 4 heterocycles. The van der Waals surface area contributed by atoms with Crippen molar-refractivity contribution in [3.05, 3.63) is 17.1 Å². The van der Waals surface area contributed by atoms with Crippen LogP contribution in [0.3, 0.4) is 0 Å². The van der Waals surface area contributed by atoms with Crippen LogP contribution < -0.4 is 4.90 Å². The second kappa shape index (κ2) is 9.29. The van der Waals surface area contributed by atoms with Crippen LogP contribution in [-0.4, -0.2) is 84.6 Å². The SMILES string of the molecule is Cc1nc(C2CCCN(C(=O)COCCN3CCCC3=O)C2)nc2c1CCCN2C. The number of ether oxygens (including phenoxy) is 1. The highest BCUT2D eigenvalue weighted by Crippen LogP contribution is 2.31. The van der Waals surface area contributed by atoms with E-state index in [0.717, 1.165) is 69.1 Å². The summed E-state index contributed by atoms with van der Waals surface area (Å²) in [5.74, 6) is 2.30. The summed E-state index contributed by atoms with van der Waals surface area (Å²) in [4.78, 5) is 39.9. The second-order valence-electron chi connectivity index (χ2n) is 8.71. The van der Waals surface area contributed by atoms with Crippen molar-refractivity contribution < 1.29 is 14.3 Å². The Kier molecular flexibility index (Phi) is 6.51. The first kappa shape index (κ1) is 21.0. The van der Waals surface area contributed by atoms with Crippen LogP contribution >= 0.6 is 0 Å². The number of anilines is 1. The van der Waals surface area contributed by atoms with Gasteiger partial charge in [0.25, 0.3) is 0 Å². The van der Waals surface area contributed by atoms with Crippen LogP contribution in [0.5, 0.6) is 0 Å². The summed E-state index contributed by atoms with van der Waals surface area (Å²) in [5.41, 5.74) is 2.34.